The molecule has 0 atom stereocenters. The molecule has 0 radical (unpaired) electrons. The molecule has 0 saturated heterocycles. The first kappa shape index (κ1) is 20.1. The third-order valence-electron chi connectivity index (χ3n) is 3.98. The van der Waals surface area contributed by atoms with Gasteiger partial charge in [0.05, 0.1) is 5.02 Å². The quantitative estimate of drug-likeness (QED) is 0.438. The van der Waals surface area contributed by atoms with Gasteiger partial charge in [0.15, 0.2) is 5.82 Å². The van der Waals surface area contributed by atoms with Gasteiger partial charge in [0.25, 0.3) is 10.0 Å². The van der Waals surface area contributed by atoms with Gasteiger partial charge < -0.3 is 5.32 Å². The number of nitrogens with zero attached hydrogens (tertiary/aromatic N) is 4. The molecule has 0 aliphatic heterocycles. The van der Waals surface area contributed by atoms with Crippen molar-refractivity contribution in [2.75, 3.05) is 10.0 Å². The maximum absolute atomic E-state index is 12.6. The van der Waals surface area contributed by atoms with Crippen LogP contribution in [0.4, 0.5) is 17.2 Å². The van der Waals surface area contributed by atoms with Crippen molar-refractivity contribution in [2.24, 2.45) is 0 Å². The fraction of sp³-hybridized carbons (Fsp3) is 0. The van der Waals surface area contributed by atoms with Crippen LogP contribution in [0.5, 0.6) is 0 Å². The molecular formula is C19H14Cl2N6O2S. The number of sulfonamides is 1. The second kappa shape index (κ2) is 8.31. The topological polar surface area (TPSA) is 102 Å². The molecule has 2 heterocycles. The number of nitrogens with one attached hydrogen (secondary N) is 2. The van der Waals surface area contributed by atoms with Gasteiger partial charge in [0.1, 0.15) is 17.0 Å². The predicted molar refractivity (Wildman–Crippen MR) is 116 cm³/mol. The summed E-state index contributed by atoms with van der Waals surface area (Å²) in [6.07, 6.45) is 4.86. The third kappa shape index (κ3) is 4.54. The molecule has 152 valence electrons. The van der Waals surface area contributed by atoms with Gasteiger partial charge in [-0.05, 0) is 48.5 Å². The van der Waals surface area contributed by atoms with E-state index in [1.54, 1.807) is 53.5 Å². The highest BCUT2D eigenvalue weighted by Gasteiger charge is 2.18. The van der Waals surface area contributed by atoms with E-state index in [0.717, 1.165) is 0 Å². The molecular weight excluding hydrogens is 447 g/mol. The second-order valence-electron chi connectivity index (χ2n) is 6.09. The zero-order valence-corrected chi connectivity index (χ0v) is 17.5. The second-order valence-corrected chi connectivity index (χ2v) is 8.59. The van der Waals surface area contributed by atoms with Gasteiger partial charge in [-0.25, -0.2) is 23.1 Å². The summed E-state index contributed by atoms with van der Waals surface area (Å²) in [6, 6.07) is 14.5. The van der Waals surface area contributed by atoms with Gasteiger partial charge in [0.2, 0.25) is 0 Å². The summed E-state index contributed by atoms with van der Waals surface area (Å²) in [7, 11) is -3.89. The molecule has 0 bridgehead atoms. The highest BCUT2D eigenvalue weighted by atomic mass is 35.5. The standard InChI is InChI=1S/C19H14Cl2N6O2S/c20-13-2-7-16(21)17(10-13)30(28,29)26-15-5-3-14(4-6-15)25-18-11-19(23-12-22-18)27-9-1-8-24-27/h1-12,26H,(H,22,23,25). The van der Waals surface area contributed by atoms with Gasteiger partial charge in [-0.2, -0.15) is 5.10 Å². The number of halogens is 2. The minimum Gasteiger partial charge on any atom is -0.340 e. The molecule has 4 rings (SSSR count). The zero-order chi connectivity index (χ0) is 21.1. The number of benzene rings is 2. The summed E-state index contributed by atoms with van der Waals surface area (Å²) in [4.78, 5) is 8.26. The van der Waals surface area contributed by atoms with E-state index < -0.39 is 10.0 Å². The lowest BCUT2D eigenvalue weighted by atomic mass is 10.3. The fourth-order valence-electron chi connectivity index (χ4n) is 2.61. The van der Waals surface area contributed by atoms with Crippen molar-refractivity contribution in [1.82, 2.24) is 19.7 Å². The summed E-state index contributed by atoms with van der Waals surface area (Å²) in [5.41, 5.74) is 1.08. The molecule has 8 nitrogen and oxygen atoms in total. The summed E-state index contributed by atoms with van der Waals surface area (Å²) >= 11 is 11.9. The van der Waals surface area contributed by atoms with E-state index in [2.05, 4.69) is 25.1 Å². The Morgan fingerprint density at radius 3 is 2.43 bits per heavy atom. The maximum Gasteiger partial charge on any atom is 0.263 e. The number of rotatable bonds is 6. The zero-order valence-electron chi connectivity index (χ0n) is 15.2. The van der Waals surface area contributed by atoms with Gasteiger partial charge in [-0.3, -0.25) is 4.72 Å². The van der Waals surface area contributed by atoms with Crippen molar-refractivity contribution in [3.8, 4) is 5.82 Å². The number of aromatic nitrogens is 4. The molecule has 2 aromatic carbocycles. The van der Waals surface area contributed by atoms with E-state index in [9.17, 15) is 8.42 Å². The summed E-state index contributed by atoms with van der Waals surface area (Å²) < 4.78 is 29.3. The van der Waals surface area contributed by atoms with Crippen LogP contribution >= 0.6 is 23.2 Å². The molecule has 0 saturated carbocycles. The minimum absolute atomic E-state index is 0.0851. The SMILES string of the molecule is O=S(=O)(Nc1ccc(Nc2cc(-n3cccn3)ncn2)cc1)c1cc(Cl)ccc1Cl. The van der Waals surface area contributed by atoms with Crippen LogP contribution in [0.15, 0.2) is 78.2 Å². The molecule has 0 spiro atoms. The Morgan fingerprint density at radius 2 is 1.70 bits per heavy atom. The normalized spacial score (nSPS) is 11.3. The number of hydrogen-bond donors (Lipinski definition) is 2. The van der Waals surface area contributed by atoms with E-state index in [1.807, 2.05) is 0 Å². The molecule has 2 aromatic heterocycles. The van der Waals surface area contributed by atoms with E-state index in [1.165, 1.54) is 24.5 Å². The number of anilines is 3. The Bertz CT molecular complexity index is 1280. The highest BCUT2D eigenvalue weighted by Crippen LogP contribution is 2.27. The largest absolute Gasteiger partial charge is 0.340 e. The van der Waals surface area contributed by atoms with Gasteiger partial charge in [-0.1, -0.05) is 23.2 Å². The van der Waals surface area contributed by atoms with Crippen molar-refractivity contribution >= 4 is 50.4 Å². The van der Waals surface area contributed by atoms with Crippen LogP contribution in [0.3, 0.4) is 0 Å². The van der Waals surface area contributed by atoms with Crippen LogP contribution in [0, 0.1) is 0 Å². The first-order valence-corrected chi connectivity index (χ1v) is 10.8. The van der Waals surface area contributed by atoms with E-state index in [-0.39, 0.29) is 14.9 Å². The van der Waals surface area contributed by atoms with Gasteiger partial charge in [0, 0.05) is 34.9 Å². The average molecular weight is 461 g/mol. The van der Waals surface area contributed by atoms with Crippen LogP contribution in [0.25, 0.3) is 5.82 Å². The van der Waals surface area contributed by atoms with Crippen molar-refractivity contribution in [3.63, 3.8) is 0 Å². The maximum atomic E-state index is 12.6. The molecule has 0 unspecified atom stereocenters. The Balaban J connectivity index is 1.50. The molecule has 0 aliphatic carbocycles. The molecule has 0 amide bonds. The first-order chi connectivity index (χ1) is 14.4. The Kier molecular flexibility index (Phi) is 5.58. The monoisotopic (exact) mass is 460 g/mol. The Morgan fingerprint density at radius 1 is 0.933 bits per heavy atom. The lowest BCUT2D eigenvalue weighted by Crippen LogP contribution is -2.13. The molecule has 11 heteroatoms. The minimum atomic E-state index is -3.89. The van der Waals surface area contributed by atoms with E-state index >= 15 is 0 Å². The third-order valence-corrected chi connectivity index (χ3v) is 6.08. The molecule has 2 N–H and O–H groups in total. The average Bonchev–Trinajstić information content (AvgIpc) is 3.26. The summed E-state index contributed by atoms with van der Waals surface area (Å²) in [5.74, 6) is 1.18. The molecule has 30 heavy (non-hydrogen) atoms. The molecule has 4 aromatic rings. The Hall–Kier alpha value is -3.14. The number of hydrogen-bond acceptors (Lipinski definition) is 6. The van der Waals surface area contributed by atoms with Crippen LogP contribution in [-0.2, 0) is 10.0 Å². The van der Waals surface area contributed by atoms with Gasteiger partial charge >= 0.3 is 0 Å². The van der Waals surface area contributed by atoms with Gasteiger partial charge in [-0.15, -0.1) is 0 Å². The summed E-state index contributed by atoms with van der Waals surface area (Å²) in [5, 5.41) is 7.63. The smallest absolute Gasteiger partial charge is 0.263 e. The Labute approximate surface area is 182 Å². The van der Waals surface area contributed by atoms with E-state index in [0.29, 0.717) is 23.0 Å². The van der Waals surface area contributed by atoms with Crippen molar-refractivity contribution < 1.29 is 8.42 Å². The van der Waals surface area contributed by atoms with Crippen molar-refractivity contribution in [1.29, 1.82) is 0 Å². The van der Waals surface area contributed by atoms with Crippen molar-refractivity contribution in [2.45, 2.75) is 4.90 Å². The van der Waals surface area contributed by atoms with Crippen LogP contribution in [-0.4, -0.2) is 28.2 Å². The van der Waals surface area contributed by atoms with Crippen molar-refractivity contribution in [3.05, 3.63) is 83.4 Å². The van der Waals surface area contributed by atoms with Crippen LogP contribution < -0.4 is 10.0 Å². The first-order valence-electron chi connectivity index (χ1n) is 8.58. The van der Waals surface area contributed by atoms with Crippen LogP contribution in [0.2, 0.25) is 10.0 Å². The molecule has 0 aliphatic rings. The highest BCUT2D eigenvalue weighted by molar-refractivity contribution is 7.92. The van der Waals surface area contributed by atoms with E-state index in [4.69, 9.17) is 23.2 Å². The summed E-state index contributed by atoms with van der Waals surface area (Å²) in [6.45, 7) is 0. The van der Waals surface area contributed by atoms with Crippen LogP contribution in [0.1, 0.15) is 0 Å². The lowest BCUT2D eigenvalue weighted by molar-refractivity contribution is 0.601. The molecule has 0 fully saturated rings. The fourth-order valence-corrected chi connectivity index (χ4v) is 4.43. The predicted octanol–water partition coefficient (Wildman–Crippen LogP) is 4.51. The lowest BCUT2D eigenvalue weighted by Gasteiger charge is -2.11.